The zero-order valence-corrected chi connectivity index (χ0v) is 41.0. The molecule has 0 bridgehead atoms. The van der Waals surface area contributed by atoms with Gasteiger partial charge < -0.3 is 25.5 Å². The number of rotatable bonds is 20. The number of sulfone groups is 1. The van der Waals surface area contributed by atoms with Gasteiger partial charge >= 0.3 is 10.4 Å². The summed E-state index contributed by atoms with van der Waals surface area (Å²) in [6.07, 6.45) is 0. The Balaban J connectivity index is 1.42. The van der Waals surface area contributed by atoms with Crippen LogP contribution < -0.4 is 20.4 Å². The minimum absolute atomic E-state index is 0.0211. The summed E-state index contributed by atoms with van der Waals surface area (Å²) in [5, 5.41) is 22.8. The molecule has 0 spiro atoms. The Labute approximate surface area is 407 Å². The van der Waals surface area contributed by atoms with E-state index >= 15 is 0 Å². The van der Waals surface area contributed by atoms with Crippen molar-refractivity contribution in [2.75, 3.05) is 58.7 Å². The second-order valence-corrected chi connectivity index (χ2v) is 22.3. The molecular formula is C35H34Cl2N12O16S5. The van der Waals surface area contributed by atoms with Crippen molar-refractivity contribution >= 4 is 137 Å². The number of para-hydroxylation sites is 1. The Kier molecular flexibility index (Phi) is 15.7. The monoisotopic (exact) mass is 1110 g/mol. The number of phenolic OH excluding ortho intramolecular Hbond substituents is 1. The molecule has 0 aliphatic heterocycles. The number of nitrogens with one attached hydrogen (secondary N) is 2. The first kappa shape index (κ1) is 53.2. The fourth-order valence-corrected chi connectivity index (χ4v) is 9.73. The lowest BCUT2D eigenvalue weighted by Gasteiger charge is -2.21. The minimum Gasteiger partial charge on any atom is -0.505 e. The lowest BCUT2D eigenvalue weighted by atomic mass is 10.1. The maximum Gasteiger partial charge on any atom is 0.397 e. The van der Waals surface area contributed by atoms with Crippen molar-refractivity contribution in [2.45, 2.75) is 21.6 Å². The highest BCUT2D eigenvalue weighted by molar-refractivity contribution is 7.91. The molecule has 6 aromatic rings. The molecule has 0 atom stereocenters. The van der Waals surface area contributed by atoms with Crippen LogP contribution in [0.5, 0.6) is 5.75 Å². The van der Waals surface area contributed by atoms with Crippen LogP contribution in [0.4, 0.5) is 52.2 Å². The summed E-state index contributed by atoms with van der Waals surface area (Å²) in [5.41, 5.74) is -1.65. The molecule has 6 rings (SSSR count). The summed E-state index contributed by atoms with van der Waals surface area (Å²) in [6, 6.07) is 14.0. The van der Waals surface area contributed by atoms with Gasteiger partial charge in [0.2, 0.25) is 34.4 Å². The summed E-state index contributed by atoms with van der Waals surface area (Å²) < 4.78 is 165. The number of hydrogen-bond donors (Lipinski definition) is 7. The minimum atomic E-state index is -5.45. The molecule has 0 saturated carbocycles. The van der Waals surface area contributed by atoms with E-state index in [-0.39, 0.29) is 35.4 Å². The number of aromatic hydroxyl groups is 1. The van der Waals surface area contributed by atoms with Crippen molar-refractivity contribution < 1.29 is 69.6 Å². The SMILES string of the molecule is CCN(c1ccccc1)c1nc(Cl)nc(Nc2ccc(S(=O)(=O)O)c(N=Nc3c(S(=O)(=O)O)cc4cc(S(=O)(=O)O)cc(Nc5nc(Cl)nc(N(C)CCS(=O)(=O)CCOS(=O)(=O)O)n5)c4c3O)c2)n1. The number of hydrogen-bond acceptors (Lipinski definition) is 24. The van der Waals surface area contributed by atoms with Crippen molar-refractivity contribution in [1.29, 1.82) is 0 Å². The zero-order valence-electron chi connectivity index (χ0n) is 35.4. The lowest BCUT2D eigenvalue weighted by Crippen LogP contribution is -2.29. The number of phenols is 1. The van der Waals surface area contributed by atoms with E-state index in [0.29, 0.717) is 24.4 Å². The summed E-state index contributed by atoms with van der Waals surface area (Å²) in [7, 11) is -23.3. The molecule has 70 heavy (non-hydrogen) atoms. The van der Waals surface area contributed by atoms with Crippen LogP contribution in [-0.4, -0.2) is 134 Å². The van der Waals surface area contributed by atoms with Crippen molar-refractivity contribution in [3.05, 3.63) is 77.3 Å². The average molecular weight is 1110 g/mol. The Morgan fingerprint density at radius 2 is 1.30 bits per heavy atom. The molecule has 0 saturated heterocycles. The van der Waals surface area contributed by atoms with Gasteiger partial charge in [0, 0.05) is 36.9 Å². The Hall–Kier alpha value is -6.11. The molecule has 374 valence electrons. The second kappa shape index (κ2) is 20.7. The molecule has 35 heteroatoms. The van der Waals surface area contributed by atoms with Gasteiger partial charge in [0.05, 0.1) is 28.7 Å². The quantitative estimate of drug-likeness (QED) is 0.0402. The van der Waals surface area contributed by atoms with Gasteiger partial charge in [-0.05, 0) is 84.0 Å². The smallest absolute Gasteiger partial charge is 0.397 e. The van der Waals surface area contributed by atoms with E-state index in [0.717, 1.165) is 29.2 Å². The normalized spacial score (nSPS) is 12.6. The third kappa shape index (κ3) is 13.6. The highest BCUT2D eigenvalue weighted by atomic mass is 35.5. The van der Waals surface area contributed by atoms with Gasteiger partial charge in [-0.2, -0.15) is 63.6 Å². The third-order valence-corrected chi connectivity index (χ3v) is 14.2. The van der Waals surface area contributed by atoms with Gasteiger partial charge in [-0.1, -0.05) is 18.2 Å². The van der Waals surface area contributed by atoms with E-state index < -0.39 is 128 Å². The lowest BCUT2D eigenvalue weighted by molar-refractivity contribution is 0.284. The number of halogens is 2. The van der Waals surface area contributed by atoms with E-state index in [9.17, 15) is 60.9 Å². The number of azo groups is 1. The first-order valence-electron chi connectivity index (χ1n) is 19.1. The van der Waals surface area contributed by atoms with Crippen molar-refractivity contribution in [3.8, 4) is 5.75 Å². The fraction of sp³-hybridized carbons (Fsp3) is 0.200. The average Bonchev–Trinajstić information content (AvgIpc) is 3.23. The van der Waals surface area contributed by atoms with Crippen LogP contribution in [0.2, 0.25) is 10.6 Å². The number of aromatic nitrogens is 6. The highest BCUT2D eigenvalue weighted by Crippen LogP contribution is 2.46. The largest absolute Gasteiger partial charge is 0.505 e. The van der Waals surface area contributed by atoms with Crippen LogP contribution >= 0.6 is 23.2 Å². The predicted molar refractivity (Wildman–Crippen MR) is 250 cm³/mol. The molecule has 0 aliphatic rings. The summed E-state index contributed by atoms with van der Waals surface area (Å²) >= 11 is 12.4. The predicted octanol–water partition coefficient (Wildman–Crippen LogP) is 4.69. The molecule has 7 N–H and O–H groups in total. The molecule has 0 aliphatic carbocycles. The fourth-order valence-electron chi connectivity index (χ4n) is 6.12. The highest BCUT2D eigenvalue weighted by Gasteiger charge is 2.27. The molecule has 28 nitrogen and oxygen atoms in total. The standard InChI is InChI=1S/C35H34Cl2N12O16S5/c1-3-49(21-7-5-4-6-8-21)35-43-31(37)40-32(45-35)38-20-9-10-25(68(56,57)58)23(17-20)46-47-28-26(69(59,60)61)16-19-15-22(67(53,54)55)18-24(27(19)29(28)50)39-33-41-30(36)42-34(44-33)48(2)11-13-66(51,52)14-12-65-70(62,63)64/h4-10,15-18,50H,3,11-14H2,1-2H3,(H,53,54,55)(H,56,57,58)(H,59,60,61)(H,62,63,64)(H,38,40,43,45)(H,39,41,42,44). The molecule has 0 amide bonds. The summed E-state index contributed by atoms with van der Waals surface area (Å²) in [4.78, 5) is 24.3. The van der Waals surface area contributed by atoms with E-state index in [2.05, 4.69) is 54.9 Å². The number of benzene rings is 4. The number of anilines is 7. The van der Waals surface area contributed by atoms with Crippen LogP contribution in [0.1, 0.15) is 6.92 Å². The van der Waals surface area contributed by atoms with E-state index in [1.165, 1.54) is 7.05 Å². The first-order valence-corrected chi connectivity index (χ1v) is 27.3. The van der Waals surface area contributed by atoms with E-state index in [1.54, 1.807) is 35.2 Å². The van der Waals surface area contributed by atoms with Gasteiger partial charge in [0.1, 0.15) is 21.2 Å². The molecule has 2 aromatic heterocycles. The molecular weight excluding hydrogens is 1080 g/mol. The number of fused-ring (bicyclic) bond motifs is 1. The molecule has 4 aromatic carbocycles. The number of nitrogens with zero attached hydrogens (tertiary/aromatic N) is 10. The Bertz CT molecular complexity index is 3620. The molecule has 0 unspecified atom stereocenters. The maximum absolute atomic E-state index is 12.8. The van der Waals surface area contributed by atoms with Crippen LogP contribution in [0.15, 0.2) is 91.6 Å². The van der Waals surface area contributed by atoms with Crippen LogP contribution in [-0.2, 0) is 54.8 Å². The third-order valence-electron chi connectivity index (χ3n) is 9.22. The van der Waals surface area contributed by atoms with E-state index in [4.69, 9.17) is 27.8 Å². The van der Waals surface area contributed by atoms with Gasteiger partial charge in [-0.15, -0.1) is 10.2 Å². The summed E-state index contributed by atoms with van der Waals surface area (Å²) in [5.74, 6) is -3.56. The van der Waals surface area contributed by atoms with Crippen LogP contribution in [0, 0.1) is 0 Å². The van der Waals surface area contributed by atoms with Gasteiger partial charge in [0.15, 0.2) is 15.6 Å². The van der Waals surface area contributed by atoms with Crippen LogP contribution in [0.25, 0.3) is 10.8 Å². The second-order valence-electron chi connectivity index (χ2n) is 14.1. The van der Waals surface area contributed by atoms with Crippen molar-refractivity contribution in [2.24, 2.45) is 10.2 Å². The maximum atomic E-state index is 12.8. The zero-order chi connectivity index (χ0) is 51.6. The van der Waals surface area contributed by atoms with Gasteiger partial charge in [0.25, 0.3) is 30.4 Å². The van der Waals surface area contributed by atoms with Gasteiger partial charge in [-0.3, -0.25) is 18.2 Å². The van der Waals surface area contributed by atoms with E-state index in [1.807, 2.05) is 6.92 Å². The topological polar surface area (TPSA) is 414 Å². The Morgan fingerprint density at radius 3 is 1.90 bits per heavy atom. The molecule has 0 fully saturated rings. The molecule has 2 heterocycles. The van der Waals surface area contributed by atoms with Crippen molar-refractivity contribution in [1.82, 2.24) is 29.9 Å². The first-order chi connectivity index (χ1) is 32.5. The Morgan fingerprint density at radius 1 is 0.686 bits per heavy atom. The van der Waals surface area contributed by atoms with Crippen molar-refractivity contribution in [3.63, 3.8) is 0 Å². The summed E-state index contributed by atoms with van der Waals surface area (Å²) in [6.45, 7) is 0.958. The van der Waals surface area contributed by atoms with Gasteiger partial charge in [-0.25, -0.2) is 12.6 Å². The van der Waals surface area contributed by atoms with Crippen LogP contribution in [0.3, 0.4) is 0 Å². The molecule has 0 radical (unpaired) electrons.